The maximum absolute atomic E-state index is 10.9. The van der Waals surface area contributed by atoms with Gasteiger partial charge in [-0.3, -0.25) is 10.1 Å². The third-order valence-corrected chi connectivity index (χ3v) is 4.72. The Kier molecular flexibility index (Phi) is 5.34. The molecule has 128 valence electrons. The van der Waals surface area contributed by atoms with E-state index in [1.165, 1.54) is 31.0 Å². The van der Waals surface area contributed by atoms with Crippen molar-refractivity contribution in [2.24, 2.45) is 0 Å². The van der Waals surface area contributed by atoms with Gasteiger partial charge in [-0.1, -0.05) is 27.7 Å². The Hall–Kier alpha value is -2.39. The Morgan fingerprint density at radius 1 is 1.24 bits per heavy atom. The largest absolute Gasteiger partial charge is 0.496 e. The lowest BCUT2D eigenvalue weighted by Gasteiger charge is -2.06. The summed E-state index contributed by atoms with van der Waals surface area (Å²) in [5, 5.41) is 19.3. The summed E-state index contributed by atoms with van der Waals surface area (Å²) in [5.41, 5.74) is 1.51. The molecule has 0 radical (unpaired) electrons. The summed E-state index contributed by atoms with van der Waals surface area (Å²) in [6.45, 7) is 0. The van der Waals surface area contributed by atoms with E-state index in [2.05, 4.69) is 26.1 Å². The lowest BCUT2D eigenvalue weighted by atomic mass is 10.2. The molecule has 2 aromatic carbocycles. The lowest BCUT2D eigenvalue weighted by Crippen LogP contribution is -1.94. The molecule has 3 rings (SSSR count). The summed E-state index contributed by atoms with van der Waals surface area (Å²) in [5.74, 6) is 1.40. The van der Waals surface area contributed by atoms with E-state index in [1.54, 1.807) is 6.07 Å². The fraction of sp³-hybridized carbons (Fsp3) is 0.125. The Morgan fingerprint density at radius 3 is 2.68 bits per heavy atom. The van der Waals surface area contributed by atoms with Crippen LogP contribution < -0.4 is 4.74 Å². The minimum absolute atomic E-state index is 0.0116. The summed E-state index contributed by atoms with van der Waals surface area (Å²) in [4.78, 5) is 10.5. The molecule has 9 heteroatoms. The van der Waals surface area contributed by atoms with Crippen LogP contribution in [-0.2, 0) is 5.75 Å². The smallest absolute Gasteiger partial charge is 0.277 e. The van der Waals surface area contributed by atoms with E-state index in [4.69, 9.17) is 9.15 Å². The number of methoxy groups -OCH3 is 1. The van der Waals surface area contributed by atoms with Crippen LogP contribution in [0.2, 0.25) is 0 Å². The molecule has 0 spiro atoms. The summed E-state index contributed by atoms with van der Waals surface area (Å²) in [6, 6.07) is 12.0. The molecule has 25 heavy (non-hydrogen) atoms. The monoisotopic (exact) mass is 421 g/mol. The van der Waals surface area contributed by atoms with Gasteiger partial charge in [0.2, 0.25) is 5.89 Å². The van der Waals surface area contributed by atoms with Crippen molar-refractivity contribution < 1.29 is 14.1 Å². The Bertz CT molecular complexity index is 899. The standard InChI is InChI=1S/C16H12BrN3O4S/c1-23-14-7-6-13(20(21)22)8-11(14)9-25-16-19-18-15(24-16)10-2-4-12(17)5-3-10/h2-8H,9H2,1H3. The van der Waals surface area contributed by atoms with Crippen molar-refractivity contribution in [2.45, 2.75) is 11.0 Å². The molecule has 0 fully saturated rings. The molecule has 0 aliphatic rings. The maximum atomic E-state index is 10.9. The second-order valence-electron chi connectivity index (χ2n) is 4.92. The topological polar surface area (TPSA) is 91.3 Å². The highest BCUT2D eigenvalue weighted by Gasteiger charge is 2.14. The van der Waals surface area contributed by atoms with Crippen molar-refractivity contribution in [3.05, 3.63) is 62.6 Å². The van der Waals surface area contributed by atoms with Crippen LogP contribution in [0.5, 0.6) is 5.75 Å². The summed E-state index contributed by atoms with van der Waals surface area (Å²) in [6.07, 6.45) is 0. The van der Waals surface area contributed by atoms with Gasteiger partial charge < -0.3 is 9.15 Å². The molecule has 0 aliphatic carbocycles. The second kappa shape index (κ2) is 7.66. The van der Waals surface area contributed by atoms with Crippen molar-refractivity contribution in [1.82, 2.24) is 10.2 Å². The average Bonchev–Trinajstić information content (AvgIpc) is 3.09. The summed E-state index contributed by atoms with van der Waals surface area (Å²) < 4.78 is 11.8. The zero-order chi connectivity index (χ0) is 17.8. The predicted octanol–water partition coefficient (Wildman–Crippen LogP) is 4.71. The number of nitro benzene ring substituents is 1. The molecule has 0 bridgehead atoms. The zero-order valence-corrected chi connectivity index (χ0v) is 15.4. The number of halogens is 1. The molecule has 0 amide bonds. The summed E-state index contributed by atoms with van der Waals surface area (Å²) in [7, 11) is 1.52. The van der Waals surface area contributed by atoms with Crippen LogP contribution in [0.1, 0.15) is 5.56 Å². The van der Waals surface area contributed by atoms with E-state index in [0.717, 1.165) is 10.0 Å². The second-order valence-corrected chi connectivity index (χ2v) is 6.76. The van der Waals surface area contributed by atoms with Crippen LogP contribution in [0.25, 0.3) is 11.5 Å². The van der Waals surface area contributed by atoms with Crippen LogP contribution in [0.4, 0.5) is 5.69 Å². The summed E-state index contributed by atoms with van der Waals surface area (Å²) >= 11 is 4.66. The van der Waals surface area contributed by atoms with Gasteiger partial charge in [0.25, 0.3) is 10.9 Å². The van der Waals surface area contributed by atoms with E-state index >= 15 is 0 Å². The van der Waals surface area contributed by atoms with Crippen molar-refractivity contribution >= 4 is 33.4 Å². The Morgan fingerprint density at radius 2 is 2.00 bits per heavy atom. The van der Waals surface area contributed by atoms with Gasteiger partial charge in [0.1, 0.15) is 5.75 Å². The highest BCUT2D eigenvalue weighted by Crippen LogP contribution is 2.31. The van der Waals surface area contributed by atoms with E-state index < -0.39 is 4.92 Å². The molecule has 7 nitrogen and oxygen atoms in total. The SMILES string of the molecule is COc1ccc([N+](=O)[O-])cc1CSc1nnc(-c2ccc(Br)cc2)o1. The number of hydrogen-bond donors (Lipinski definition) is 0. The molecular weight excluding hydrogens is 410 g/mol. The first-order valence-corrected chi connectivity index (χ1v) is 8.88. The quantitative estimate of drug-likeness (QED) is 0.323. The first-order valence-electron chi connectivity index (χ1n) is 7.10. The highest BCUT2D eigenvalue weighted by atomic mass is 79.9. The molecule has 1 aromatic heterocycles. The minimum Gasteiger partial charge on any atom is -0.496 e. The van der Waals surface area contributed by atoms with E-state index in [0.29, 0.717) is 28.2 Å². The van der Waals surface area contributed by atoms with Gasteiger partial charge in [-0.2, -0.15) is 0 Å². The number of aromatic nitrogens is 2. The molecule has 0 saturated carbocycles. The van der Waals surface area contributed by atoms with Crippen molar-refractivity contribution in [1.29, 1.82) is 0 Å². The van der Waals surface area contributed by atoms with Crippen LogP contribution in [0, 0.1) is 10.1 Å². The predicted molar refractivity (Wildman–Crippen MR) is 96.6 cm³/mol. The van der Waals surface area contributed by atoms with Gasteiger partial charge in [0.15, 0.2) is 0 Å². The van der Waals surface area contributed by atoms with Crippen molar-refractivity contribution in [2.75, 3.05) is 7.11 Å². The van der Waals surface area contributed by atoms with Gasteiger partial charge in [0, 0.05) is 33.5 Å². The number of rotatable bonds is 6. The van der Waals surface area contributed by atoms with E-state index in [9.17, 15) is 10.1 Å². The van der Waals surface area contributed by atoms with Gasteiger partial charge in [-0.15, -0.1) is 10.2 Å². The first-order chi connectivity index (χ1) is 12.1. The number of thioether (sulfide) groups is 1. The van der Waals surface area contributed by atoms with Crippen molar-refractivity contribution in [3.8, 4) is 17.2 Å². The molecule has 0 unspecified atom stereocenters. The normalized spacial score (nSPS) is 10.6. The van der Waals surface area contributed by atoms with Crippen LogP contribution in [0.3, 0.4) is 0 Å². The lowest BCUT2D eigenvalue weighted by molar-refractivity contribution is -0.384. The van der Waals surface area contributed by atoms with Gasteiger partial charge in [0.05, 0.1) is 12.0 Å². The van der Waals surface area contributed by atoms with Crippen LogP contribution in [0.15, 0.2) is 56.6 Å². The number of non-ortho nitro benzene ring substituents is 1. The molecule has 0 aliphatic heterocycles. The molecule has 0 N–H and O–H groups in total. The van der Waals surface area contributed by atoms with Crippen molar-refractivity contribution in [3.63, 3.8) is 0 Å². The number of ether oxygens (including phenoxy) is 1. The van der Waals surface area contributed by atoms with Gasteiger partial charge in [-0.25, -0.2) is 0 Å². The highest BCUT2D eigenvalue weighted by molar-refractivity contribution is 9.10. The zero-order valence-electron chi connectivity index (χ0n) is 13.0. The third kappa shape index (κ3) is 4.18. The average molecular weight is 422 g/mol. The fourth-order valence-electron chi connectivity index (χ4n) is 2.11. The Balaban J connectivity index is 1.75. The number of hydrogen-bond acceptors (Lipinski definition) is 7. The maximum Gasteiger partial charge on any atom is 0.277 e. The molecule has 0 atom stereocenters. The number of benzene rings is 2. The molecule has 0 saturated heterocycles. The molecular formula is C16H12BrN3O4S. The van der Waals surface area contributed by atoms with Crippen LogP contribution >= 0.6 is 27.7 Å². The fourth-order valence-corrected chi connectivity index (χ4v) is 3.11. The Labute approximate surface area is 155 Å². The number of nitrogens with zero attached hydrogens (tertiary/aromatic N) is 3. The van der Waals surface area contributed by atoms with Gasteiger partial charge in [-0.05, 0) is 30.3 Å². The van der Waals surface area contributed by atoms with E-state index in [-0.39, 0.29) is 5.69 Å². The molecule has 1 heterocycles. The van der Waals surface area contributed by atoms with E-state index in [1.807, 2.05) is 24.3 Å². The van der Waals surface area contributed by atoms with Crippen LogP contribution in [-0.4, -0.2) is 22.2 Å². The number of nitro groups is 1. The minimum atomic E-state index is -0.439. The third-order valence-electron chi connectivity index (χ3n) is 3.32. The van der Waals surface area contributed by atoms with Gasteiger partial charge >= 0.3 is 0 Å². The molecule has 3 aromatic rings. The first kappa shape index (κ1) is 17.4.